The predicted octanol–water partition coefficient (Wildman–Crippen LogP) is 5.97. The molecule has 1 saturated heterocycles. The fourth-order valence-electron chi connectivity index (χ4n) is 8.18. The summed E-state index contributed by atoms with van der Waals surface area (Å²) in [6, 6.07) is 7.89. The number of hydrogen-bond acceptors (Lipinski definition) is 3. The molecule has 3 nitrogen and oxygen atoms in total. The van der Waals surface area contributed by atoms with E-state index in [4.69, 9.17) is 4.74 Å². The first-order valence-corrected chi connectivity index (χ1v) is 11.3. The lowest BCUT2D eigenvalue weighted by Crippen LogP contribution is -2.67. The molecule has 9 heteroatoms. The standard InChI is InChI=1S/C26H16F6O3/c27-25(28,29)17-9-15-16(10-18(17)26(30,31)32)20-14-4-2-1-3-13(14)19(15)23-11-5-7-12(8-6-11)24(20,23)22(34)35-21(23)33/h1-5,7,9-12,19-20H,6,8H2/t11-,12+,19-,20+,23-,24-/m0/s1. The van der Waals surface area contributed by atoms with Crippen molar-refractivity contribution in [1.82, 2.24) is 0 Å². The van der Waals surface area contributed by atoms with E-state index >= 15 is 0 Å². The first kappa shape index (κ1) is 21.2. The van der Waals surface area contributed by atoms with E-state index in [0.717, 1.165) is 0 Å². The van der Waals surface area contributed by atoms with Gasteiger partial charge in [-0.2, -0.15) is 26.3 Å². The van der Waals surface area contributed by atoms with E-state index in [0.29, 0.717) is 36.1 Å². The van der Waals surface area contributed by atoms with Crippen molar-refractivity contribution in [3.63, 3.8) is 0 Å². The number of carbonyl (C=O) groups excluding carboxylic acids is 2. The number of rotatable bonds is 0. The van der Waals surface area contributed by atoms with Crippen LogP contribution in [0.1, 0.15) is 58.1 Å². The molecule has 180 valence electrons. The zero-order valence-electron chi connectivity index (χ0n) is 17.8. The maximum absolute atomic E-state index is 13.9. The van der Waals surface area contributed by atoms with Gasteiger partial charge in [-0.1, -0.05) is 36.4 Å². The number of ether oxygens (including phenoxy) is 1. The smallest absolute Gasteiger partial charge is 0.392 e. The second-order valence-electron chi connectivity index (χ2n) is 10.1. The highest BCUT2D eigenvalue weighted by Gasteiger charge is 2.84. The Morgan fingerprint density at radius 3 is 1.43 bits per heavy atom. The number of alkyl halides is 6. The van der Waals surface area contributed by atoms with Crippen molar-refractivity contribution in [1.29, 1.82) is 0 Å². The number of benzene rings is 2. The Morgan fingerprint density at radius 1 is 0.686 bits per heavy atom. The third kappa shape index (κ3) is 2.10. The quantitative estimate of drug-likeness (QED) is 0.198. The SMILES string of the molecule is O=C1OC(=O)[C@]23[C@H]4c5ccccc5[C@H](c5cc(C(F)(F)F)c(C(F)(F)F)cc54)[C@@]12[C@@H]1C=C[C@H]3CC1. The van der Waals surface area contributed by atoms with E-state index in [2.05, 4.69) is 0 Å². The van der Waals surface area contributed by atoms with E-state index in [1.54, 1.807) is 24.3 Å². The molecule has 6 aliphatic carbocycles. The Hall–Kier alpha value is -3.10. The minimum Gasteiger partial charge on any atom is -0.392 e. The van der Waals surface area contributed by atoms with Crippen LogP contribution in [0.2, 0.25) is 0 Å². The van der Waals surface area contributed by atoms with Crippen LogP contribution < -0.4 is 0 Å². The van der Waals surface area contributed by atoms with Gasteiger partial charge in [0.15, 0.2) is 0 Å². The third-order valence-electron chi connectivity index (χ3n) is 9.06. The molecule has 1 saturated carbocycles. The van der Waals surface area contributed by atoms with Crippen molar-refractivity contribution < 1.29 is 40.7 Å². The summed E-state index contributed by atoms with van der Waals surface area (Å²) >= 11 is 0. The Balaban J connectivity index is 1.66. The number of hydrogen-bond donors (Lipinski definition) is 0. The molecule has 0 unspecified atom stereocenters. The van der Waals surface area contributed by atoms with Crippen LogP contribution in [0.5, 0.6) is 0 Å². The van der Waals surface area contributed by atoms with E-state index in [-0.39, 0.29) is 11.1 Å². The van der Waals surface area contributed by atoms with Crippen LogP contribution in [-0.2, 0) is 26.7 Å². The first-order valence-electron chi connectivity index (χ1n) is 11.3. The van der Waals surface area contributed by atoms with Gasteiger partial charge in [0.2, 0.25) is 0 Å². The number of fused-ring (bicyclic) bond motifs is 1. The molecule has 0 N–H and O–H groups in total. The van der Waals surface area contributed by atoms with Crippen LogP contribution in [-0.4, -0.2) is 11.9 Å². The minimum atomic E-state index is -5.26. The zero-order valence-corrected chi connectivity index (χ0v) is 17.8. The van der Waals surface area contributed by atoms with E-state index in [9.17, 15) is 35.9 Å². The molecule has 2 fully saturated rings. The fraction of sp³-hybridized carbons (Fsp3) is 0.385. The summed E-state index contributed by atoms with van der Waals surface area (Å²) in [7, 11) is 0. The molecule has 7 aliphatic rings. The van der Waals surface area contributed by atoms with Crippen molar-refractivity contribution in [3.05, 3.63) is 81.9 Å². The second kappa shape index (κ2) is 5.99. The lowest BCUT2D eigenvalue weighted by molar-refractivity contribution is -0.164. The molecule has 2 aromatic rings. The highest BCUT2D eigenvalue weighted by molar-refractivity contribution is 6.07. The molecule has 4 bridgehead atoms. The van der Waals surface area contributed by atoms with Crippen molar-refractivity contribution >= 4 is 11.9 Å². The molecular formula is C26H16F6O3. The normalized spacial score (nSPS) is 35.9. The number of cyclic esters (lactones) is 2. The molecule has 6 atom stereocenters. The first-order chi connectivity index (χ1) is 16.4. The summed E-state index contributed by atoms with van der Waals surface area (Å²) in [5.41, 5.74) is -5.36. The third-order valence-corrected chi connectivity index (χ3v) is 9.06. The topological polar surface area (TPSA) is 43.4 Å². The Kier molecular flexibility index (Phi) is 3.63. The average Bonchev–Trinajstić information content (AvgIpc) is 3.07. The van der Waals surface area contributed by atoms with Gasteiger partial charge in [-0.15, -0.1) is 0 Å². The van der Waals surface area contributed by atoms with Crippen LogP contribution in [0.15, 0.2) is 48.6 Å². The Morgan fingerprint density at radius 2 is 1.09 bits per heavy atom. The number of esters is 2. The van der Waals surface area contributed by atoms with Gasteiger partial charge in [-0.05, 0) is 59.1 Å². The van der Waals surface area contributed by atoms with E-state index < -0.39 is 69.9 Å². The number of halogens is 6. The van der Waals surface area contributed by atoms with Crippen LogP contribution in [0, 0.1) is 22.7 Å². The van der Waals surface area contributed by atoms with Gasteiger partial charge in [-0.3, -0.25) is 9.59 Å². The summed E-state index contributed by atoms with van der Waals surface area (Å²) in [6.07, 6.45) is -5.77. The van der Waals surface area contributed by atoms with E-state index in [1.807, 2.05) is 12.2 Å². The summed E-state index contributed by atoms with van der Waals surface area (Å²) in [5.74, 6) is -4.58. The second-order valence-corrected chi connectivity index (χ2v) is 10.1. The Labute approximate surface area is 194 Å². The van der Waals surface area contributed by atoms with E-state index in [1.165, 1.54) is 0 Å². The minimum absolute atomic E-state index is 0.0252. The molecule has 1 aliphatic heterocycles. The van der Waals surface area contributed by atoms with Gasteiger partial charge in [0.25, 0.3) is 0 Å². The summed E-state index contributed by atoms with van der Waals surface area (Å²) in [6.45, 7) is 0. The molecule has 0 amide bonds. The van der Waals surface area contributed by atoms with Crippen LogP contribution in [0.25, 0.3) is 0 Å². The lowest BCUT2D eigenvalue weighted by atomic mass is 9.31. The fourth-order valence-corrected chi connectivity index (χ4v) is 8.18. The molecule has 9 rings (SSSR count). The van der Waals surface area contributed by atoms with Gasteiger partial charge < -0.3 is 4.74 Å². The maximum Gasteiger partial charge on any atom is 0.417 e. The zero-order chi connectivity index (χ0) is 24.7. The summed E-state index contributed by atoms with van der Waals surface area (Å²) in [5, 5.41) is 0. The van der Waals surface area contributed by atoms with Gasteiger partial charge >= 0.3 is 24.3 Å². The predicted molar refractivity (Wildman–Crippen MR) is 108 cm³/mol. The largest absolute Gasteiger partial charge is 0.417 e. The molecule has 0 radical (unpaired) electrons. The Bertz CT molecular complexity index is 1290. The number of allylic oxidation sites excluding steroid dienone is 2. The lowest BCUT2D eigenvalue weighted by Gasteiger charge is -2.66. The molecule has 35 heavy (non-hydrogen) atoms. The van der Waals surface area contributed by atoms with Crippen molar-refractivity contribution in [2.75, 3.05) is 0 Å². The number of carbonyl (C=O) groups is 2. The molecule has 0 aromatic heterocycles. The van der Waals surface area contributed by atoms with Gasteiger partial charge in [0.1, 0.15) is 10.8 Å². The van der Waals surface area contributed by atoms with Gasteiger partial charge in [0, 0.05) is 11.8 Å². The monoisotopic (exact) mass is 490 g/mol. The van der Waals surface area contributed by atoms with Crippen LogP contribution in [0.4, 0.5) is 26.3 Å². The molecule has 1 heterocycles. The average molecular weight is 490 g/mol. The van der Waals surface area contributed by atoms with Crippen molar-refractivity contribution in [2.45, 2.75) is 37.0 Å². The molecule has 2 aromatic carbocycles. The summed E-state index contributed by atoms with van der Waals surface area (Å²) < 4.78 is 88.8. The van der Waals surface area contributed by atoms with Gasteiger partial charge in [-0.25, -0.2) is 0 Å². The highest BCUT2D eigenvalue weighted by atomic mass is 19.4. The van der Waals surface area contributed by atoms with Crippen LogP contribution >= 0.6 is 0 Å². The van der Waals surface area contributed by atoms with Crippen LogP contribution in [0.3, 0.4) is 0 Å². The van der Waals surface area contributed by atoms with Gasteiger partial charge in [0.05, 0.1) is 11.1 Å². The highest BCUT2D eigenvalue weighted by Crippen LogP contribution is 2.81. The van der Waals surface area contributed by atoms with Crippen molar-refractivity contribution in [3.8, 4) is 0 Å². The molecular weight excluding hydrogens is 474 g/mol. The molecule has 0 spiro atoms. The maximum atomic E-state index is 13.9. The summed E-state index contributed by atoms with van der Waals surface area (Å²) in [4.78, 5) is 27.2. The van der Waals surface area contributed by atoms with Crippen molar-refractivity contribution in [2.24, 2.45) is 22.7 Å².